The van der Waals surface area contributed by atoms with E-state index in [1.807, 2.05) is 12.1 Å². The molecule has 0 atom stereocenters. The molecule has 28 heavy (non-hydrogen) atoms. The quantitative estimate of drug-likeness (QED) is 0.595. The van der Waals surface area contributed by atoms with Crippen molar-refractivity contribution in [2.24, 2.45) is 5.92 Å². The van der Waals surface area contributed by atoms with E-state index < -0.39 is 0 Å². The van der Waals surface area contributed by atoms with Crippen LogP contribution >= 0.6 is 11.8 Å². The van der Waals surface area contributed by atoms with Gasteiger partial charge in [-0.05, 0) is 43.4 Å². The molecule has 2 aromatic rings. The number of carbonyl (C=O) groups excluding carboxylic acids is 1. The van der Waals surface area contributed by atoms with Crippen LogP contribution in [0.15, 0.2) is 29.4 Å². The van der Waals surface area contributed by atoms with Gasteiger partial charge in [0.2, 0.25) is 5.91 Å². The lowest BCUT2D eigenvalue weighted by Gasteiger charge is -2.21. The number of hydrogen-bond acceptors (Lipinski definition) is 4. The van der Waals surface area contributed by atoms with Crippen LogP contribution in [0.4, 0.5) is 5.69 Å². The zero-order valence-electron chi connectivity index (χ0n) is 17.1. The molecule has 3 rings (SSSR count). The Morgan fingerprint density at radius 2 is 1.89 bits per heavy atom. The lowest BCUT2D eigenvalue weighted by Crippen LogP contribution is -2.15. The smallest absolute Gasteiger partial charge is 0.234 e. The van der Waals surface area contributed by atoms with E-state index in [1.165, 1.54) is 55.9 Å². The Kier molecular flexibility index (Phi) is 7.95. The number of aryl methyl sites for hydroxylation is 2. The molecular weight excluding hydrogens is 368 g/mol. The summed E-state index contributed by atoms with van der Waals surface area (Å²) in [6, 6.07) is 8.02. The average Bonchev–Trinajstić information content (AvgIpc) is 3.14. The topological polar surface area (TPSA) is 59.8 Å². The van der Waals surface area contributed by atoms with Gasteiger partial charge in [-0.25, -0.2) is 0 Å². The van der Waals surface area contributed by atoms with Crippen molar-refractivity contribution >= 4 is 23.4 Å². The minimum absolute atomic E-state index is 0.0105. The van der Waals surface area contributed by atoms with E-state index in [0.29, 0.717) is 5.75 Å². The number of anilines is 1. The molecule has 1 aromatic carbocycles. The first-order valence-electron chi connectivity index (χ1n) is 10.6. The zero-order valence-corrected chi connectivity index (χ0v) is 17.9. The van der Waals surface area contributed by atoms with Gasteiger partial charge in [-0.3, -0.25) is 4.79 Å². The molecular formula is C22H32N4OS. The summed E-state index contributed by atoms with van der Waals surface area (Å²) in [7, 11) is 0. The van der Waals surface area contributed by atoms with Crippen molar-refractivity contribution in [2.75, 3.05) is 11.1 Å². The standard InChI is InChI=1S/C22H32N4OS/c1-3-17-10-13-19(14-11-17)23-21(27)16-28-22-25-24-20(26(22)4-2)15-12-18-8-6-5-7-9-18/h10-11,13-14,18H,3-9,12,15-16H2,1-2H3,(H,23,27). The number of aromatic nitrogens is 3. The van der Waals surface area contributed by atoms with Gasteiger partial charge in [0.15, 0.2) is 5.16 Å². The third-order valence-corrected chi connectivity index (χ3v) is 6.56. The van der Waals surface area contributed by atoms with Gasteiger partial charge in [0, 0.05) is 18.7 Å². The molecule has 0 bridgehead atoms. The third-order valence-electron chi connectivity index (χ3n) is 5.59. The summed E-state index contributed by atoms with van der Waals surface area (Å²) in [6.45, 7) is 5.08. The molecule has 1 N–H and O–H groups in total. The molecule has 1 heterocycles. The summed E-state index contributed by atoms with van der Waals surface area (Å²) in [6.07, 6.45) is 10.1. The maximum absolute atomic E-state index is 12.3. The highest BCUT2D eigenvalue weighted by Gasteiger charge is 2.17. The van der Waals surface area contributed by atoms with Crippen molar-refractivity contribution in [1.82, 2.24) is 14.8 Å². The lowest BCUT2D eigenvalue weighted by molar-refractivity contribution is -0.113. The monoisotopic (exact) mass is 400 g/mol. The first kappa shape index (κ1) is 20.9. The summed E-state index contributed by atoms with van der Waals surface area (Å²) in [5, 5.41) is 12.6. The number of rotatable bonds is 9. The number of thioether (sulfide) groups is 1. The van der Waals surface area contributed by atoms with Crippen LogP contribution in [0.1, 0.15) is 63.8 Å². The number of benzene rings is 1. The molecule has 1 amide bonds. The van der Waals surface area contributed by atoms with E-state index >= 15 is 0 Å². The molecule has 1 aromatic heterocycles. The Balaban J connectivity index is 1.50. The second-order valence-corrected chi connectivity index (χ2v) is 8.52. The number of nitrogens with one attached hydrogen (secondary N) is 1. The van der Waals surface area contributed by atoms with Gasteiger partial charge >= 0.3 is 0 Å². The molecule has 152 valence electrons. The van der Waals surface area contributed by atoms with Crippen LogP contribution in [-0.4, -0.2) is 26.4 Å². The summed E-state index contributed by atoms with van der Waals surface area (Å²) in [5.74, 6) is 2.24. The van der Waals surface area contributed by atoms with E-state index in [-0.39, 0.29) is 5.91 Å². The first-order valence-corrected chi connectivity index (χ1v) is 11.6. The van der Waals surface area contributed by atoms with Crippen molar-refractivity contribution in [1.29, 1.82) is 0 Å². The predicted octanol–water partition coefficient (Wildman–Crippen LogP) is 5.10. The van der Waals surface area contributed by atoms with Gasteiger partial charge < -0.3 is 9.88 Å². The van der Waals surface area contributed by atoms with Gasteiger partial charge in [-0.1, -0.05) is 62.9 Å². The van der Waals surface area contributed by atoms with Gasteiger partial charge in [0.1, 0.15) is 5.82 Å². The van der Waals surface area contributed by atoms with Crippen LogP contribution in [-0.2, 0) is 24.2 Å². The van der Waals surface area contributed by atoms with Crippen LogP contribution in [0.3, 0.4) is 0 Å². The SMILES string of the molecule is CCc1ccc(NC(=O)CSc2nnc(CCC3CCCCC3)n2CC)cc1. The van der Waals surface area contributed by atoms with Crippen LogP contribution in [0.2, 0.25) is 0 Å². The summed E-state index contributed by atoms with van der Waals surface area (Å²) >= 11 is 1.47. The third kappa shape index (κ3) is 5.84. The molecule has 1 aliphatic rings. The zero-order chi connectivity index (χ0) is 19.8. The van der Waals surface area contributed by atoms with Gasteiger partial charge in [0.25, 0.3) is 0 Å². The van der Waals surface area contributed by atoms with Crippen LogP contribution in [0.5, 0.6) is 0 Å². The number of carbonyl (C=O) groups is 1. The number of nitrogens with zero attached hydrogens (tertiary/aromatic N) is 3. The Morgan fingerprint density at radius 3 is 2.57 bits per heavy atom. The Morgan fingerprint density at radius 1 is 1.14 bits per heavy atom. The maximum atomic E-state index is 12.3. The van der Waals surface area contributed by atoms with Gasteiger partial charge in [0.05, 0.1) is 5.75 Å². The normalized spacial score (nSPS) is 14.9. The highest BCUT2D eigenvalue weighted by molar-refractivity contribution is 7.99. The van der Waals surface area contributed by atoms with E-state index in [4.69, 9.17) is 0 Å². The second-order valence-electron chi connectivity index (χ2n) is 7.57. The van der Waals surface area contributed by atoms with Gasteiger partial charge in [-0.2, -0.15) is 0 Å². The molecule has 1 aliphatic carbocycles. The fraction of sp³-hybridized carbons (Fsp3) is 0.591. The predicted molar refractivity (Wildman–Crippen MR) is 116 cm³/mol. The second kappa shape index (κ2) is 10.6. The molecule has 0 aliphatic heterocycles. The molecule has 0 radical (unpaired) electrons. The van der Waals surface area contributed by atoms with Crippen LogP contribution < -0.4 is 5.32 Å². The Labute approximate surface area is 172 Å². The fourth-order valence-corrected chi connectivity index (χ4v) is 4.71. The minimum Gasteiger partial charge on any atom is -0.325 e. The average molecular weight is 401 g/mol. The van der Waals surface area contributed by atoms with Crippen molar-refractivity contribution in [2.45, 2.75) is 76.9 Å². The highest BCUT2D eigenvalue weighted by atomic mass is 32.2. The molecule has 0 unspecified atom stereocenters. The van der Waals surface area contributed by atoms with Gasteiger partial charge in [-0.15, -0.1) is 10.2 Å². The van der Waals surface area contributed by atoms with Crippen molar-refractivity contribution in [3.8, 4) is 0 Å². The fourth-order valence-electron chi connectivity index (χ4n) is 3.89. The molecule has 5 nitrogen and oxygen atoms in total. The first-order chi connectivity index (χ1) is 13.7. The minimum atomic E-state index is -0.0105. The highest BCUT2D eigenvalue weighted by Crippen LogP contribution is 2.28. The van der Waals surface area contributed by atoms with Crippen LogP contribution in [0.25, 0.3) is 0 Å². The van der Waals surface area contributed by atoms with Crippen molar-refractivity contribution < 1.29 is 4.79 Å². The molecule has 0 spiro atoms. The van der Waals surface area contributed by atoms with E-state index in [2.05, 4.69) is 46.1 Å². The van der Waals surface area contributed by atoms with Crippen LogP contribution in [0, 0.1) is 5.92 Å². The summed E-state index contributed by atoms with van der Waals surface area (Å²) in [4.78, 5) is 12.3. The summed E-state index contributed by atoms with van der Waals surface area (Å²) in [5.41, 5.74) is 2.11. The molecule has 6 heteroatoms. The Hall–Kier alpha value is -1.82. The number of hydrogen-bond donors (Lipinski definition) is 1. The largest absolute Gasteiger partial charge is 0.325 e. The molecule has 0 saturated heterocycles. The maximum Gasteiger partial charge on any atom is 0.234 e. The number of amides is 1. The summed E-state index contributed by atoms with van der Waals surface area (Å²) < 4.78 is 2.16. The van der Waals surface area contributed by atoms with E-state index in [9.17, 15) is 4.79 Å². The Bertz CT molecular complexity index is 750. The van der Waals surface area contributed by atoms with E-state index in [0.717, 1.165) is 42.0 Å². The lowest BCUT2D eigenvalue weighted by atomic mass is 9.86. The molecule has 1 fully saturated rings. The van der Waals surface area contributed by atoms with Crippen molar-refractivity contribution in [3.05, 3.63) is 35.7 Å². The molecule has 1 saturated carbocycles. The van der Waals surface area contributed by atoms with Crippen molar-refractivity contribution in [3.63, 3.8) is 0 Å². The van der Waals surface area contributed by atoms with E-state index in [1.54, 1.807) is 0 Å².